The Morgan fingerprint density at radius 2 is 2.21 bits per heavy atom. The summed E-state index contributed by atoms with van der Waals surface area (Å²) >= 11 is 0. The van der Waals surface area contributed by atoms with Crippen LogP contribution in [-0.4, -0.2) is 16.4 Å². The second kappa shape index (κ2) is 3.55. The first kappa shape index (κ1) is 8.84. The van der Waals surface area contributed by atoms with Crippen LogP contribution in [0, 0.1) is 0 Å². The Morgan fingerprint density at radius 1 is 1.36 bits per heavy atom. The third-order valence-corrected chi connectivity index (χ3v) is 2.16. The Balaban J connectivity index is 2.70. The van der Waals surface area contributed by atoms with Crippen LogP contribution in [0.1, 0.15) is 11.7 Å². The van der Waals surface area contributed by atoms with Gasteiger partial charge in [0.25, 0.3) is 0 Å². The largest absolute Gasteiger partial charge is 0.381 e. The number of aliphatic hydroxyl groups excluding tert-OH is 1. The normalized spacial score (nSPS) is 12.6. The first-order chi connectivity index (χ1) is 6.83. The highest BCUT2D eigenvalue weighted by atomic mass is 16.3. The standard InChI is InChI=1S/C11H9NO2/c13-7-11(14)10-3-1-2-8-6-12-5-4-9(8)10/h1-7,11,14H. The molecule has 0 fully saturated rings. The maximum absolute atomic E-state index is 10.5. The molecule has 1 aromatic carbocycles. The van der Waals surface area contributed by atoms with Gasteiger partial charge in [-0.05, 0) is 17.0 Å². The second-order valence-corrected chi connectivity index (χ2v) is 3.02. The number of benzene rings is 1. The molecule has 3 nitrogen and oxygen atoms in total. The Morgan fingerprint density at radius 3 is 3.00 bits per heavy atom. The summed E-state index contributed by atoms with van der Waals surface area (Å²) in [6, 6.07) is 7.22. The summed E-state index contributed by atoms with van der Waals surface area (Å²) in [6.45, 7) is 0. The molecule has 0 spiro atoms. The zero-order chi connectivity index (χ0) is 9.97. The lowest BCUT2D eigenvalue weighted by atomic mass is 10.0. The number of rotatable bonds is 2. The van der Waals surface area contributed by atoms with E-state index in [1.54, 1.807) is 30.6 Å². The van der Waals surface area contributed by atoms with Crippen LogP contribution in [0.5, 0.6) is 0 Å². The van der Waals surface area contributed by atoms with Gasteiger partial charge < -0.3 is 9.90 Å². The molecule has 1 N–H and O–H groups in total. The van der Waals surface area contributed by atoms with Crippen molar-refractivity contribution in [2.24, 2.45) is 0 Å². The third kappa shape index (κ3) is 1.38. The van der Waals surface area contributed by atoms with Crippen LogP contribution in [-0.2, 0) is 4.79 Å². The molecule has 0 aliphatic heterocycles. The van der Waals surface area contributed by atoms with E-state index >= 15 is 0 Å². The van der Waals surface area contributed by atoms with Crippen molar-refractivity contribution >= 4 is 17.1 Å². The van der Waals surface area contributed by atoms with Gasteiger partial charge in [0, 0.05) is 17.8 Å². The van der Waals surface area contributed by atoms with E-state index in [4.69, 9.17) is 0 Å². The minimum Gasteiger partial charge on any atom is -0.381 e. The zero-order valence-corrected chi connectivity index (χ0v) is 7.42. The second-order valence-electron chi connectivity index (χ2n) is 3.02. The van der Waals surface area contributed by atoms with Crippen molar-refractivity contribution in [2.75, 3.05) is 0 Å². The highest BCUT2D eigenvalue weighted by Crippen LogP contribution is 2.22. The van der Waals surface area contributed by atoms with Gasteiger partial charge in [0.2, 0.25) is 0 Å². The Kier molecular flexibility index (Phi) is 2.24. The third-order valence-electron chi connectivity index (χ3n) is 2.16. The molecule has 0 amide bonds. The molecule has 0 aliphatic rings. The fraction of sp³-hybridized carbons (Fsp3) is 0.0909. The average Bonchev–Trinajstić information content (AvgIpc) is 2.27. The van der Waals surface area contributed by atoms with Crippen molar-refractivity contribution in [2.45, 2.75) is 6.10 Å². The molecular weight excluding hydrogens is 178 g/mol. The quantitative estimate of drug-likeness (QED) is 0.724. The minimum atomic E-state index is -1.05. The summed E-state index contributed by atoms with van der Waals surface area (Å²) in [5.41, 5.74) is 0.625. The number of nitrogens with zero attached hydrogens (tertiary/aromatic N) is 1. The van der Waals surface area contributed by atoms with E-state index in [-0.39, 0.29) is 0 Å². The number of fused-ring (bicyclic) bond motifs is 1. The molecule has 14 heavy (non-hydrogen) atoms. The van der Waals surface area contributed by atoms with E-state index in [1.807, 2.05) is 6.07 Å². The molecule has 1 atom stereocenters. The van der Waals surface area contributed by atoms with Crippen LogP contribution in [0.25, 0.3) is 10.8 Å². The van der Waals surface area contributed by atoms with E-state index in [2.05, 4.69) is 4.98 Å². The smallest absolute Gasteiger partial charge is 0.153 e. The molecule has 70 valence electrons. The van der Waals surface area contributed by atoms with Crippen LogP contribution in [0.3, 0.4) is 0 Å². The van der Waals surface area contributed by atoms with Crippen molar-refractivity contribution in [1.82, 2.24) is 4.98 Å². The molecular formula is C11H9NO2. The lowest BCUT2D eigenvalue weighted by Crippen LogP contribution is -1.98. The highest BCUT2D eigenvalue weighted by Gasteiger charge is 2.08. The lowest BCUT2D eigenvalue weighted by molar-refractivity contribution is -0.115. The molecule has 2 rings (SSSR count). The molecule has 0 radical (unpaired) electrons. The Labute approximate surface area is 81.0 Å². The number of carbonyl (C=O) groups excluding carboxylic acids is 1. The minimum absolute atomic E-state index is 0.523. The highest BCUT2D eigenvalue weighted by molar-refractivity contribution is 5.87. The van der Waals surface area contributed by atoms with Crippen LogP contribution in [0.4, 0.5) is 0 Å². The average molecular weight is 187 g/mol. The van der Waals surface area contributed by atoms with E-state index in [9.17, 15) is 9.90 Å². The van der Waals surface area contributed by atoms with Crippen LogP contribution < -0.4 is 0 Å². The van der Waals surface area contributed by atoms with E-state index in [1.165, 1.54) is 0 Å². The van der Waals surface area contributed by atoms with Crippen molar-refractivity contribution in [3.05, 3.63) is 42.2 Å². The molecule has 0 saturated heterocycles. The number of pyridine rings is 1. The summed E-state index contributed by atoms with van der Waals surface area (Å²) in [7, 11) is 0. The van der Waals surface area contributed by atoms with Crippen LogP contribution in [0.2, 0.25) is 0 Å². The predicted octanol–water partition coefficient (Wildman–Crippen LogP) is 1.47. The zero-order valence-electron chi connectivity index (χ0n) is 7.42. The number of aldehydes is 1. The predicted molar refractivity (Wildman–Crippen MR) is 52.8 cm³/mol. The molecule has 1 heterocycles. The van der Waals surface area contributed by atoms with E-state index in [0.29, 0.717) is 11.8 Å². The summed E-state index contributed by atoms with van der Waals surface area (Å²) < 4.78 is 0. The first-order valence-corrected chi connectivity index (χ1v) is 4.29. The van der Waals surface area contributed by atoms with E-state index < -0.39 is 6.10 Å². The fourth-order valence-electron chi connectivity index (χ4n) is 1.48. The van der Waals surface area contributed by atoms with Gasteiger partial charge in [-0.25, -0.2) is 0 Å². The van der Waals surface area contributed by atoms with Crippen molar-refractivity contribution < 1.29 is 9.90 Å². The number of hydrogen-bond donors (Lipinski definition) is 1. The Bertz CT molecular complexity index is 462. The van der Waals surface area contributed by atoms with Gasteiger partial charge in [-0.3, -0.25) is 4.98 Å². The summed E-state index contributed by atoms with van der Waals surface area (Å²) in [5.74, 6) is 0. The van der Waals surface area contributed by atoms with Crippen LogP contribution in [0.15, 0.2) is 36.7 Å². The molecule has 0 aliphatic carbocycles. The van der Waals surface area contributed by atoms with Gasteiger partial charge in [-0.2, -0.15) is 0 Å². The SMILES string of the molecule is O=CC(O)c1cccc2cnccc12. The number of aromatic nitrogens is 1. The molecule has 1 aromatic heterocycles. The van der Waals surface area contributed by atoms with Crippen molar-refractivity contribution in [3.8, 4) is 0 Å². The molecule has 3 heteroatoms. The molecule has 0 saturated carbocycles. The maximum Gasteiger partial charge on any atom is 0.153 e. The number of carbonyl (C=O) groups is 1. The first-order valence-electron chi connectivity index (χ1n) is 4.29. The van der Waals surface area contributed by atoms with Crippen molar-refractivity contribution in [3.63, 3.8) is 0 Å². The fourth-order valence-corrected chi connectivity index (χ4v) is 1.48. The topological polar surface area (TPSA) is 50.2 Å². The molecule has 0 bridgehead atoms. The van der Waals surface area contributed by atoms with Gasteiger partial charge in [0.15, 0.2) is 6.29 Å². The van der Waals surface area contributed by atoms with Crippen molar-refractivity contribution in [1.29, 1.82) is 0 Å². The van der Waals surface area contributed by atoms with Gasteiger partial charge in [0.05, 0.1) is 0 Å². The van der Waals surface area contributed by atoms with Gasteiger partial charge >= 0.3 is 0 Å². The molecule has 1 unspecified atom stereocenters. The van der Waals surface area contributed by atoms with Crippen LogP contribution >= 0.6 is 0 Å². The number of hydrogen-bond acceptors (Lipinski definition) is 3. The summed E-state index contributed by atoms with van der Waals surface area (Å²) in [5, 5.41) is 11.2. The van der Waals surface area contributed by atoms with Gasteiger partial charge in [-0.15, -0.1) is 0 Å². The van der Waals surface area contributed by atoms with E-state index in [0.717, 1.165) is 10.8 Å². The summed E-state index contributed by atoms with van der Waals surface area (Å²) in [6.07, 6.45) is 2.82. The van der Waals surface area contributed by atoms with Gasteiger partial charge in [-0.1, -0.05) is 18.2 Å². The summed E-state index contributed by atoms with van der Waals surface area (Å²) in [4.78, 5) is 14.5. The lowest BCUT2D eigenvalue weighted by Gasteiger charge is -2.06. The molecule has 2 aromatic rings. The number of aliphatic hydroxyl groups is 1. The monoisotopic (exact) mass is 187 g/mol. The van der Waals surface area contributed by atoms with Gasteiger partial charge in [0.1, 0.15) is 6.10 Å². The maximum atomic E-state index is 10.5. The Hall–Kier alpha value is -1.74.